The van der Waals surface area contributed by atoms with Gasteiger partial charge >= 0.3 is 0 Å². The minimum atomic E-state index is -0.419. The van der Waals surface area contributed by atoms with Gasteiger partial charge in [-0.05, 0) is 76.4 Å². The predicted octanol–water partition coefficient (Wildman–Crippen LogP) is 6.72. The summed E-state index contributed by atoms with van der Waals surface area (Å²) in [4.78, 5) is 42.3. The van der Waals surface area contributed by atoms with Gasteiger partial charge in [-0.15, -0.1) is 0 Å². The molecule has 5 rings (SSSR count). The number of amides is 2. The number of rotatable bonds is 18. The summed E-state index contributed by atoms with van der Waals surface area (Å²) in [5.74, 6) is 1.87. The number of hydrogen-bond acceptors (Lipinski definition) is 11. The molecular formula is C42H55N7O6. The van der Waals surface area contributed by atoms with E-state index in [-0.39, 0.29) is 23.3 Å². The summed E-state index contributed by atoms with van der Waals surface area (Å²) < 4.78 is 24.0. The van der Waals surface area contributed by atoms with E-state index in [0.29, 0.717) is 66.9 Å². The highest BCUT2D eigenvalue weighted by molar-refractivity contribution is 6.06. The first kappa shape index (κ1) is 40.8. The molecule has 1 fully saturated rings. The maximum absolute atomic E-state index is 13.8. The molecule has 1 aromatic heterocycles. The van der Waals surface area contributed by atoms with Crippen LogP contribution in [0.25, 0.3) is 0 Å². The molecule has 0 unspecified atom stereocenters. The standard InChI is InChI=1S/C42H55N7O6/c1-8-49(9-2)37(50)18-17-31-15-11-16-33(25-31)55-41-34(40(51)45-38-29(3)13-10-14-30(38)4)28-43-42(46-41)44-32-26-35(52-6)39(36(27-32)53-7)54-24-12-19-48-22-20-47(5)21-23-48/h10-11,13-16,25-28H,8-9,12,17-24H2,1-7H3,(H,45,51)(H,43,44,46). The fourth-order valence-electron chi connectivity index (χ4n) is 6.47. The zero-order valence-electron chi connectivity index (χ0n) is 33.2. The van der Waals surface area contributed by atoms with Crippen LogP contribution in [0, 0.1) is 13.8 Å². The van der Waals surface area contributed by atoms with Crippen molar-refractivity contribution in [3.63, 3.8) is 0 Å². The first-order chi connectivity index (χ1) is 26.6. The number of hydrogen-bond donors (Lipinski definition) is 2. The van der Waals surface area contributed by atoms with E-state index in [1.807, 2.05) is 69.0 Å². The second kappa shape index (κ2) is 19.8. The molecule has 3 aromatic carbocycles. The lowest BCUT2D eigenvalue weighted by molar-refractivity contribution is -0.130. The summed E-state index contributed by atoms with van der Waals surface area (Å²) in [6.07, 6.45) is 3.23. The Morgan fingerprint density at radius 2 is 1.58 bits per heavy atom. The summed E-state index contributed by atoms with van der Waals surface area (Å²) in [5, 5.41) is 6.24. The van der Waals surface area contributed by atoms with E-state index in [4.69, 9.17) is 18.9 Å². The maximum atomic E-state index is 13.8. The molecule has 0 atom stereocenters. The number of methoxy groups -OCH3 is 2. The molecule has 0 radical (unpaired) electrons. The zero-order valence-corrected chi connectivity index (χ0v) is 33.2. The number of carbonyl (C=O) groups excluding carboxylic acids is 2. The molecule has 0 aliphatic carbocycles. The van der Waals surface area contributed by atoms with E-state index >= 15 is 0 Å². The Morgan fingerprint density at radius 3 is 2.24 bits per heavy atom. The third-order valence-corrected chi connectivity index (χ3v) is 9.75. The summed E-state index contributed by atoms with van der Waals surface area (Å²) >= 11 is 0. The van der Waals surface area contributed by atoms with Crippen molar-refractivity contribution in [2.24, 2.45) is 0 Å². The molecule has 0 saturated carbocycles. The number of para-hydroxylation sites is 1. The van der Waals surface area contributed by atoms with E-state index in [1.165, 1.54) is 6.20 Å². The van der Waals surface area contributed by atoms with Crippen molar-refractivity contribution in [1.29, 1.82) is 0 Å². The Morgan fingerprint density at radius 1 is 0.909 bits per heavy atom. The molecule has 0 spiro atoms. The van der Waals surface area contributed by atoms with Gasteiger partial charge in [0.25, 0.3) is 5.91 Å². The van der Waals surface area contributed by atoms with Crippen molar-refractivity contribution >= 4 is 29.1 Å². The SMILES string of the molecule is CCN(CC)C(=O)CCc1cccc(Oc2nc(Nc3cc(OC)c(OCCCN4CCN(C)CC4)c(OC)c3)ncc2C(=O)Nc2c(C)cccc2C)c1. The molecule has 55 heavy (non-hydrogen) atoms. The molecule has 1 aliphatic heterocycles. The van der Waals surface area contributed by atoms with Crippen molar-refractivity contribution in [1.82, 2.24) is 24.7 Å². The number of carbonyl (C=O) groups is 2. The molecule has 13 heteroatoms. The Kier molecular flexibility index (Phi) is 14.7. The van der Waals surface area contributed by atoms with Gasteiger partial charge in [-0.3, -0.25) is 9.59 Å². The Hall–Kier alpha value is -5.40. The second-order valence-electron chi connectivity index (χ2n) is 13.6. The van der Waals surface area contributed by atoms with Crippen LogP contribution >= 0.6 is 0 Å². The summed E-state index contributed by atoms with van der Waals surface area (Å²) in [5.41, 5.74) is 4.21. The van der Waals surface area contributed by atoms with Crippen molar-refractivity contribution in [3.8, 4) is 28.9 Å². The van der Waals surface area contributed by atoms with Gasteiger partial charge in [0.05, 0.1) is 20.8 Å². The number of piperazine rings is 1. The van der Waals surface area contributed by atoms with Crippen LogP contribution in [0.15, 0.2) is 60.8 Å². The molecule has 294 valence electrons. The van der Waals surface area contributed by atoms with Gasteiger partial charge in [0.15, 0.2) is 11.5 Å². The van der Waals surface area contributed by atoms with Gasteiger partial charge in [-0.25, -0.2) is 4.98 Å². The first-order valence-corrected chi connectivity index (χ1v) is 19.0. The van der Waals surface area contributed by atoms with Crippen LogP contribution in [-0.4, -0.2) is 110 Å². The maximum Gasteiger partial charge on any atom is 0.262 e. The minimum absolute atomic E-state index is 0.0526. The van der Waals surface area contributed by atoms with Crippen LogP contribution in [0.3, 0.4) is 0 Å². The second-order valence-corrected chi connectivity index (χ2v) is 13.6. The van der Waals surface area contributed by atoms with Crippen molar-refractivity contribution in [3.05, 3.63) is 83.0 Å². The van der Waals surface area contributed by atoms with Crippen LogP contribution in [-0.2, 0) is 11.2 Å². The van der Waals surface area contributed by atoms with Gasteiger partial charge in [0.2, 0.25) is 23.5 Å². The van der Waals surface area contributed by atoms with E-state index in [9.17, 15) is 9.59 Å². The van der Waals surface area contributed by atoms with Gasteiger partial charge in [0.1, 0.15) is 11.3 Å². The first-order valence-electron chi connectivity index (χ1n) is 19.0. The number of benzene rings is 3. The summed E-state index contributed by atoms with van der Waals surface area (Å²) in [7, 11) is 5.31. The molecule has 4 aromatic rings. The van der Waals surface area contributed by atoms with E-state index in [1.54, 1.807) is 32.4 Å². The topological polar surface area (TPSA) is 131 Å². The molecule has 1 aliphatic rings. The molecule has 0 bridgehead atoms. The van der Waals surface area contributed by atoms with Gasteiger partial charge < -0.3 is 44.3 Å². The quantitative estimate of drug-likeness (QED) is 0.105. The number of anilines is 3. The van der Waals surface area contributed by atoms with Crippen LogP contribution in [0.1, 0.15) is 53.7 Å². The van der Waals surface area contributed by atoms with E-state index in [0.717, 1.165) is 55.8 Å². The van der Waals surface area contributed by atoms with Crippen molar-refractivity contribution in [2.45, 2.75) is 47.0 Å². The minimum Gasteiger partial charge on any atom is -0.493 e. The molecule has 1 saturated heterocycles. The van der Waals surface area contributed by atoms with Crippen molar-refractivity contribution < 1.29 is 28.5 Å². The lowest BCUT2D eigenvalue weighted by atomic mass is 10.1. The monoisotopic (exact) mass is 753 g/mol. The number of nitrogens with one attached hydrogen (secondary N) is 2. The molecule has 2 N–H and O–H groups in total. The highest BCUT2D eigenvalue weighted by atomic mass is 16.5. The Balaban J connectivity index is 1.37. The van der Waals surface area contributed by atoms with Gasteiger partial charge in [0, 0.05) is 81.9 Å². The lowest BCUT2D eigenvalue weighted by Gasteiger charge is -2.32. The Bertz CT molecular complexity index is 1860. The number of aromatic nitrogens is 2. The Labute approximate surface area is 324 Å². The van der Waals surface area contributed by atoms with Gasteiger partial charge in [-0.2, -0.15) is 4.98 Å². The number of nitrogens with zero attached hydrogens (tertiary/aromatic N) is 5. The van der Waals surface area contributed by atoms with Crippen molar-refractivity contribution in [2.75, 3.05) is 84.3 Å². The zero-order chi connectivity index (χ0) is 39.3. The highest BCUT2D eigenvalue weighted by Crippen LogP contribution is 2.41. The average molecular weight is 754 g/mol. The number of likely N-dealkylation sites (N-methyl/N-ethyl adjacent to an activating group) is 1. The smallest absolute Gasteiger partial charge is 0.262 e. The van der Waals surface area contributed by atoms with E-state index < -0.39 is 5.91 Å². The van der Waals surface area contributed by atoms with E-state index in [2.05, 4.69) is 37.4 Å². The van der Waals surface area contributed by atoms with Crippen LogP contribution in [0.5, 0.6) is 28.9 Å². The van der Waals surface area contributed by atoms with Crippen LogP contribution < -0.4 is 29.6 Å². The molecule has 13 nitrogen and oxygen atoms in total. The fourth-order valence-corrected chi connectivity index (χ4v) is 6.47. The third kappa shape index (κ3) is 11.1. The van der Waals surface area contributed by atoms with Gasteiger partial charge in [-0.1, -0.05) is 30.3 Å². The van der Waals surface area contributed by atoms with Crippen LogP contribution in [0.4, 0.5) is 17.3 Å². The lowest BCUT2D eigenvalue weighted by Crippen LogP contribution is -2.44. The largest absolute Gasteiger partial charge is 0.493 e. The molecule has 2 amide bonds. The highest BCUT2D eigenvalue weighted by Gasteiger charge is 2.21. The predicted molar refractivity (Wildman–Crippen MR) is 216 cm³/mol. The molecular weight excluding hydrogens is 699 g/mol. The molecule has 2 heterocycles. The number of ether oxygens (including phenoxy) is 4. The van der Waals surface area contributed by atoms with Crippen LogP contribution in [0.2, 0.25) is 0 Å². The normalized spacial score (nSPS) is 13.2. The average Bonchev–Trinajstić information content (AvgIpc) is 3.18. The fraction of sp³-hybridized carbons (Fsp3) is 0.429. The number of aryl methyl sites for hydroxylation is 3. The summed E-state index contributed by atoms with van der Waals surface area (Å²) in [6, 6.07) is 16.8. The summed E-state index contributed by atoms with van der Waals surface area (Å²) in [6.45, 7) is 14.9. The third-order valence-electron chi connectivity index (χ3n) is 9.75.